The van der Waals surface area contributed by atoms with Crippen molar-refractivity contribution in [3.05, 3.63) is 45.5 Å². The first-order chi connectivity index (χ1) is 11.4. The van der Waals surface area contributed by atoms with E-state index >= 15 is 0 Å². The Bertz CT molecular complexity index is 790. The third kappa shape index (κ3) is 3.52. The molecule has 0 N–H and O–H groups in total. The summed E-state index contributed by atoms with van der Waals surface area (Å²) in [5.74, 6) is -1.11. The third-order valence-electron chi connectivity index (χ3n) is 4.15. The largest absolute Gasteiger partial charge is 0.291 e. The van der Waals surface area contributed by atoms with Crippen LogP contribution in [0.5, 0.6) is 0 Å². The highest BCUT2D eigenvalue weighted by molar-refractivity contribution is 6.65. The van der Waals surface area contributed by atoms with Crippen LogP contribution in [-0.4, -0.2) is 27.7 Å². The second-order valence-corrected chi connectivity index (χ2v) is 8.74. The van der Waals surface area contributed by atoms with Gasteiger partial charge in [-0.2, -0.15) is 0 Å². The molecule has 0 bridgehead atoms. The number of nitrogens with zero attached hydrogens (tertiary/aromatic N) is 1. The number of alkyl halides is 2. The number of carbonyl (C=O) groups excluding carboxylic acids is 2. The Morgan fingerprint density at radius 2 is 1.64 bits per heavy atom. The summed E-state index contributed by atoms with van der Waals surface area (Å²) in [6.07, 6.45) is 0. The molecule has 7 heteroatoms. The summed E-state index contributed by atoms with van der Waals surface area (Å²) < 4.78 is 0. The molecule has 0 fully saturated rings. The first-order valence-electron chi connectivity index (χ1n) is 7.54. The number of rotatable bonds is 1. The van der Waals surface area contributed by atoms with Crippen LogP contribution in [0.4, 0.5) is 0 Å². The van der Waals surface area contributed by atoms with E-state index in [2.05, 4.69) is 4.99 Å². The number of ketones is 1. The Hall–Kier alpha value is -0.870. The number of allylic oxidation sites excluding steroid dienone is 2. The zero-order valence-electron chi connectivity index (χ0n) is 14.2. The quantitative estimate of drug-likeness (QED) is 0.564. The van der Waals surface area contributed by atoms with Crippen molar-refractivity contribution in [2.24, 2.45) is 10.4 Å². The average molecular weight is 421 g/mol. The summed E-state index contributed by atoms with van der Waals surface area (Å²) >= 11 is 25.3. The van der Waals surface area contributed by atoms with Crippen LogP contribution in [-0.2, 0) is 4.79 Å². The van der Waals surface area contributed by atoms with Crippen LogP contribution >= 0.6 is 46.4 Å². The molecule has 1 aromatic rings. The van der Waals surface area contributed by atoms with E-state index < -0.39 is 27.4 Å². The number of hydrogen-bond donors (Lipinski definition) is 0. The molecule has 0 aromatic heterocycles. The summed E-state index contributed by atoms with van der Waals surface area (Å²) in [4.78, 5) is 27.5. The SMILES string of the molecule is Cc1ccc(C(=O)N=C2C(Cl)=C(Cl)C(=O)[C@](Cl)(C(C)(C)C)[C@H]2Cl)cc1. The first kappa shape index (κ1) is 20.4. The summed E-state index contributed by atoms with van der Waals surface area (Å²) in [5, 5.41) is -1.52. The molecule has 0 spiro atoms. The minimum Gasteiger partial charge on any atom is -0.291 e. The van der Waals surface area contributed by atoms with Gasteiger partial charge < -0.3 is 0 Å². The van der Waals surface area contributed by atoms with Gasteiger partial charge in [-0.1, -0.05) is 61.7 Å². The van der Waals surface area contributed by atoms with Crippen molar-refractivity contribution in [2.45, 2.75) is 37.9 Å². The van der Waals surface area contributed by atoms with E-state index in [0.29, 0.717) is 5.56 Å². The molecule has 0 saturated carbocycles. The van der Waals surface area contributed by atoms with Gasteiger partial charge in [0.1, 0.15) is 15.3 Å². The van der Waals surface area contributed by atoms with Gasteiger partial charge in [-0.15, -0.1) is 23.2 Å². The Labute approximate surface area is 167 Å². The maximum atomic E-state index is 12.6. The van der Waals surface area contributed by atoms with Crippen molar-refractivity contribution < 1.29 is 9.59 Å². The second-order valence-electron chi connectivity index (χ2n) is 6.95. The first-order valence-corrected chi connectivity index (χ1v) is 9.11. The monoisotopic (exact) mass is 419 g/mol. The lowest BCUT2D eigenvalue weighted by Gasteiger charge is -2.43. The van der Waals surface area contributed by atoms with E-state index in [-0.39, 0.29) is 15.8 Å². The highest BCUT2D eigenvalue weighted by Gasteiger charge is 2.58. The van der Waals surface area contributed by atoms with Crippen molar-refractivity contribution in [3.63, 3.8) is 0 Å². The van der Waals surface area contributed by atoms with Gasteiger partial charge in [0.05, 0.1) is 10.7 Å². The Morgan fingerprint density at radius 1 is 1.12 bits per heavy atom. The number of Topliss-reactive ketones (excluding diaryl/α,β-unsaturated/α-hetero) is 1. The highest BCUT2D eigenvalue weighted by Crippen LogP contribution is 2.49. The second kappa shape index (κ2) is 7.03. The number of benzene rings is 1. The van der Waals surface area contributed by atoms with Gasteiger partial charge in [0.25, 0.3) is 5.91 Å². The number of aliphatic imine (C=N–C) groups is 1. The number of hydrogen-bond acceptors (Lipinski definition) is 2. The molecule has 134 valence electrons. The number of carbonyl (C=O) groups is 2. The smallest absolute Gasteiger partial charge is 0.277 e. The van der Waals surface area contributed by atoms with Gasteiger partial charge in [0, 0.05) is 5.56 Å². The van der Waals surface area contributed by atoms with Crippen molar-refractivity contribution in [1.82, 2.24) is 0 Å². The molecule has 25 heavy (non-hydrogen) atoms. The Kier molecular flexibility index (Phi) is 5.75. The molecular weight excluding hydrogens is 404 g/mol. The molecule has 1 aliphatic rings. The van der Waals surface area contributed by atoms with E-state index in [1.165, 1.54) is 0 Å². The molecule has 0 saturated heterocycles. The van der Waals surface area contributed by atoms with Crippen LogP contribution in [0.25, 0.3) is 0 Å². The van der Waals surface area contributed by atoms with Crippen LogP contribution in [0.1, 0.15) is 36.7 Å². The summed E-state index contributed by atoms with van der Waals surface area (Å²) in [6.45, 7) is 7.19. The lowest BCUT2D eigenvalue weighted by Crippen LogP contribution is -2.57. The lowest BCUT2D eigenvalue weighted by atomic mass is 9.71. The van der Waals surface area contributed by atoms with Crippen LogP contribution in [0, 0.1) is 12.3 Å². The van der Waals surface area contributed by atoms with Crippen molar-refractivity contribution >= 4 is 63.8 Å². The molecule has 2 atom stereocenters. The van der Waals surface area contributed by atoms with Crippen molar-refractivity contribution in [1.29, 1.82) is 0 Å². The fourth-order valence-electron chi connectivity index (χ4n) is 2.48. The van der Waals surface area contributed by atoms with Crippen LogP contribution < -0.4 is 0 Å². The van der Waals surface area contributed by atoms with Crippen LogP contribution in [0.2, 0.25) is 0 Å². The minimum absolute atomic E-state index is 0.00318. The Balaban J connectivity index is 2.57. The maximum absolute atomic E-state index is 12.6. The molecule has 0 aliphatic heterocycles. The van der Waals surface area contributed by atoms with Gasteiger partial charge in [-0.25, -0.2) is 4.99 Å². The lowest BCUT2D eigenvalue weighted by molar-refractivity contribution is -0.119. The zero-order chi connectivity index (χ0) is 19.2. The van der Waals surface area contributed by atoms with Crippen molar-refractivity contribution in [2.75, 3.05) is 0 Å². The highest BCUT2D eigenvalue weighted by atomic mass is 35.5. The summed E-state index contributed by atoms with van der Waals surface area (Å²) in [7, 11) is 0. The maximum Gasteiger partial charge on any atom is 0.277 e. The molecular formula is C18H17Cl4NO2. The van der Waals surface area contributed by atoms with E-state index in [9.17, 15) is 9.59 Å². The van der Waals surface area contributed by atoms with Gasteiger partial charge in [0.15, 0.2) is 5.78 Å². The predicted molar refractivity (Wildman–Crippen MR) is 104 cm³/mol. The van der Waals surface area contributed by atoms with Crippen LogP contribution in [0.15, 0.2) is 39.3 Å². The van der Waals surface area contributed by atoms with Gasteiger partial charge in [-0.3, -0.25) is 9.59 Å². The van der Waals surface area contributed by atoms with Gasteiger partial charge in [-0.05, 0) is 24.5 Å². The normalized spacial score (nSPS) is 26.3. The number of amides is 1. The van der Waals surface area contributed by atoms with Gasteiger partial charge in [0.2, 0.25) is 0 Å². The van der Waals surface area contributed by atoms with E-state index in [0.717, 1.165) is 5.56 Å². The summed E-state index contributed by atoms with van der Waals surface area (Å²) in [6, 6.07) is 6.88. The Morgan fingerprint density at radius 3 is 2.12 bits per heavy atom. The fourth-order valence-corrected chi connectivity index (χ4v) is 3.85. The van der Waals surface area contributed by atoms with E-state index in [4.69, 9.17) is 46.4 Å². The minimum atomic E-state index is -1.57. The van der Waals surface area contributed by atoms with E-state index in [1.807, 2.05) is 6.92 Å². The molecule has 2 rings (SSSR count). The number of halogens is 4. The topological polar surface area (TPSA) is 46.5 Å². The average Bonchev–Trinajstić information content (AvgIpc) is 2.54. The van der Waals surface area contributed by atoms with Gasteiger partial charge >= 0.3 is 0 Å². The standard InChI is InChI=1S/C18H17Cl4NO2/c1-9-5-7-10(8-6-9)16(25)23-13-11(19)12(20)15(24)18(22,14(13)21)17(2,3)4/h5-8,14H,1-4H3/t14-,18-/m0/s1. The van der Waals surface area contributed by atoms with E-state index in [1.54, 1.807) is 45.0 Å². The molecule has 0 radical (unpaired) electrons. The van der Waals surface area contributed by atoms with Crippen molar-refractivity contribution in [3.8, 4) is 0 Å². The number of aryl methyl sites for hydroxylation is 1. The van der Waals surface area contributed by atoms with Crippen LogP contribution in [0.3, 0.4) is 0 Å². The molecule has 1 aromatic carbocycles. The zero-order valence-corrected chi connectivity index (χ0v) is 17.2. The fraction of sp³-hybridized carbons (Fsp3) is 0.389. The third-order valence-corrected chi connectivity index (χ3v) is 6.59. The molecule has 3 nitrogen and oxygen atoms in total. The molecule has 1 amide bonds. The molecule has 0 heterocycles. The summed E-state index contributed by atoms with van der Waals surface area (Å²) in [5.41, 5.74) is 0.638. The molecule has 1 aliphatic carbocycles. The molecule has 0 unspecified atom stereocenters. The predicted octanol–water partition coefficient (Wildman–Crippen LogP) is 5.48.